The van der Waals surface area contributed by atoms with Crippen LogP contribution in [-0.2, 0) is 14.3 Å². The Morgan fingerprint density at radius 2 is 2.00 bits per heavy atom. The summed E-state index contributed by atoms with van der Waals surface area (Å²) in [5.74, 6) is -1.14. The molecule has 1 aliphatic rings. The van der Waals surface area contributed by atoms with Gasteiger partial charge < -0.3 is 15.2 Å². The van der Waals surface area contributed by atoms with Crippen LogP contribution in [0.4, 0.5) is 0 Å². The molecule has 5 nitrogen and oxygen atoms in total. The highest BCUT2D eigenvalue weighted by atomic mass is 16.5. The van der Waals surface area contributed by atoms with Gasteiger partial charge in [-0.2, -0.15) is 0 Å². The zero-order valence-corrected chi connectivity index (χ0v) is 10.7. The molecule has 5 heteroatoms. The zero-order chi connectivity index (χ0) is 13.1. The lowest BCUT2D eigenvalue weighted by Gasteiger charge is -2.29. The number of hydrogen-bond donors (Lipinski definition) is 2. The fraction of sp³-hybridized carbons (Fsp3) is 0.833. The molecule has 2 atom stereocenters. The highest BCUT2D eigenvalue weighted by molar-refractivity contribution is 5.89. The largest absolute Gasteiger partial charge is 0.480 e. The zero-order valence-electron chi connectivity index (χ0n) is 10.7. The molecule has 1 amide bonds. The number of ether oxygens (including phenoxy) is 1. The van der Waals surface area contributed by atoms with Crippen LogP contribution in [0, 0.1) is 5.92 Å². The summed E-state index contributed by atoms with van der Waals surface area (Å²) >= 11 is 0. The molecule has 0 aromatic heterocycles. The topological polar surface area (TPSA) is 75.6 Å². The van der Waals surface area contributed by atoms with E-state index >= 15 is 0 Å². The van der Waals surface area contributed by atoms with Crippen LogP contribution < -0.4 is 5.32 Å². The number of carboxylic acid groups (broad SMARTS) is 1. The molecule has 0 radical (unpaired) electrons. The van der Waals surface area contributed by atoms with Crippen molar-refractivity contribution < 1.29 is 19.4 Å². The van der Waals surface area contributed by atoms with Gasteiger partial charge in [0.1, 0.15) is 11.6 Å². The van der Waals surface area contributed by atoms with E-state index in [1.165, 1.54) is 0 Å². The van der Waals surface area contributed by atoms with Crippen molar-refractivity contribution in [2.75, 3.05) is 6.61 Å². The second-order valence-corrected chi connectivity index (χ2v) is 4.64. The third-order valence-electron chi connectivity index (χ3n) is 3.62. The van der Waals surface area contributed by atoms with Gasteiger partial charge in [-0.25, -0.2) is 4.79 Å². The van der Waals surface area contributed by atoms with Gasteiger partial charge in [-0.3, -0.25) is 4.79 Å². The number of carboxylic acids is 1. The van der Waals surface area contributed by atoms with E-state index in [9.17, 15) is 14.7 Å². The second-order valence-electron chi connectivity index (χ2n) is 4.64. The van der Waals surface area contributed by atoms with Crippen LogP contribution in [0.2, 0.25) is 0 Å². The predicted molar refractivity (Wildman–Crippen MR) is 62.6 cm³/mol. The maximum atomic E-state index is 12.0. The summed E-state index contributed by atoms with van der Waals surface area (Å²) in [4.78, 5) is 23.3. The summed E-state index contributed by atoms with van der Waals surface area (Å²) in [6.07, 6.45) is 1.07. The molecule has 0 spiro atoms. The van der Waals surface area contributed by atoms with Gasteiger partial charge in [-0.15, -0.1) is 0 Å². The van der Waals surface area contributed by atoms with Crippen LogP contribution in [0.3, 0.4) is 0 Å². The Balaban J connectivity index is 2.74. The quantitative estimate of drug-likeness (QED) is 0.760. The summed E-state index contributed by atoms with van der Waals surface area (Å²) in [6.45, 7) is 6.03. The summed E-state index contributed by atoms with van der Waals surface area (Å²) in [6, 6.07) is 0. The van der Waals surface area contributed by atoms with Crippen molar-refractivity contribution in [3.63, 3.8) is 0 Å². The lowest BCUT2D eigenvalue weighted by Crippen LogP contribution is -2.56. The van der Waals surface area contributed by atoms with Crippen molar-refractivity contribution in [2.24, 2.45) is 5.92 Å². The van der Waals surface area contributed by atoms with Gasteiger partial charge in [-0.05, 0) is 25.2 Å². The molecule has 17 heavy (non-hydrogen) atoms. The normalized spacial score (nSPS) is 24.6. The Hall–Kier alpha value is -1.10. The van der Waals surface area contributed by atoms with Gasteiger partial charge in [-0.1, -0.05) is 20.8 Å². The first-order chi connectivity index (χ1) is 7.96. The summed E-state index contributed by atoms with van der Waals surface area (Å²) in [5.41, 5.74) is -1.16. The Bertz CT molecular complexity index is 299. The maximum Gasteiger partial charge on any atom is 0.329 e. The predicted octanol–water partition coefficient (Wildman–Crippen LogP) is 1.17. The standard InChI is InChI=1S/C12H21NO4/c1-4-12(5-2,11(15)16)13-10(14)9-8(3)6-7-17-9/h8-9H,4-7H2,1-3H3,(H,13,14)(H,15,16). The van der Waals surface area contributed by atoms with Gasteiger partial charge >= 0.3 is 5.97 Å². The average Bonchev–Trinajstić information content (AvgIpc) is 2.72. The molecule has 1 fully saturated rings. The summed E-state index contributed by atoms with van der Waals surface area (Å²) < 4.78 is 5.34. The Kier molecular flexibility index (Phi) is 4.51. The molecule has 2 N–H and O–H groups in total. The third kappa shape index (κ3) is 2.77. The molecular formula is C12H21NO4. The van der Waals surface area contributed by atoms with Gasteiger partial charge in [0.05, 0.1) is 0 Å². The van der Waals surface area contributed by atoms with Crippen LogP contribution in [0.1, 0.15) is 40.0 Å². The number of rotatable bonds is 5. The molecule has 1 saturated heterocycles. The molecule has 0 bridgehead atoms. The Labute approximate surface area is 102 Å². The van der Waals surface area contributed by atoms with Crippen molar-refractivity contribution in [3.8, 4) is 0 Å². The smallest absolute Gasteiger partial charge is 0.329 e. The number of amides is 1. The van der Waals surface area contributed by atoms with E-state index in [4.69, 9.17) is 4.74 Å². The van der Waals surface area contributed by atoms with Gasteiger partial charge in [0, 0.05) is 6.61 Å². The average molecular weight is 243 g/mol. The fourth-order valence-electron chi connectivity index (χ4n) is 2.12. The van der Waals surface area contributed by atoms with E-state index in [-0.39, 0.29) is 11.8 Å². The summed E-state index contributed by atoms with van der Waals surface area (Å²) in [5, 5.41) is 11.9. The highest BCUT2D eigenvalue weighted by Gasteiger charge is 2.40. The van der Waals surface area contributed by atoms with Crippen LogP contribution >= 0.6 is 0 Å². The fourth-order valence-corrected chi connectivity index (χ4v) is 2.12. The SMILES string of the molecule is CCC(CC)(NC(=O)C1OCCC1C)C(=O)O. The molecule has 1 rings (SSSR count). The van der Waals surface area contributed by atoms with E-state index in [2.05, 4.69) is 5.32 Å². The van der Waals surface area contributed by atoms with Crippen molar-refractivity contribution in [1.82, 2.24) is 5.32 Å². The molecule has 0 aromatic rings. The maximum absolute atomic E-state index is 12.0. The Morgan fingerprint density at radius 3 is 2.35 bits per heavy atom. The highest BCUT2D eigenvalue weighted by Crippen LogP contribution is 2.22. The van der Waals surface area contributed by atoms with Crippen molar-refractivity contribution >= 4 is 11.9 Å². The molecule has 0 aromatic carbocycles. The number of hydrogen-bond acceptors (Lipinski definition) is 3. The molecule has 0 saturated carbocycles. The van der Waals surface area contributed by atoms with Gasteiger partial charge in [0.2, 0.25) is 5.91 Å². The minimum atomic E-state index is -1.16. The molecule has 1 heterocycles. The van der Waals surface area contributed by atoms with Crippen molar-refractivity contribution in [2.45, 2.75) is 51.7 Å². The second kappa shape index (κ2) is 5.49. The lowest BCUT2D eigenvalue weighted by atomic mass is 9.92. The van der Waals surface area contributed by atoms with Gasteiger partial charge in [0.25, 0.3) is 0 Å². The van der Waals surface area contributed by atoms with Crippen LogP contribution in [0.15, 0.2) is 0 Å². The van der Waals surface area contributed by atoms with E-state index in [0.717, 1.165) is 6.42 Å². The van der Waals surface area contributed by atoms with Crippen molar-refractivity contribution in [3.05, 3.63) is 0 Å². The van der Waals surface area contributed by atoms with E-state index in [1.54, 1.807) is 13.8 Å². The lowest BCUT2D eigenvalue weighted by molar-refractivity contribution is -0.150. The number of carbonyl (C=O) groups is 2. The van der Waals surface area contributed by atoms with Crippen LogP contribution in [0.5, 0.6) is 0 Å². The molecule has 2 unspecified atom stereocenters. The number of aliphatic carboxylic acids is 1. The van der Waals surface area contributed by atoms with Gasteiger partial charge in [0.15, 0.2) is 0 Å². The first kappa shape index (κ1) is 14.0. The number of nitrogens with one attached hydrogen (secondary N) is 1. The minimum absolute atomic E-state index is 0.148. The van der Waals surface area contributed by atoms with Crippen molar-refractivity contribution in [1.29, 1.82) is 0 Å². The molecule has 0 aliphatic carbocycles. The van der Waals surface area contributed by atoms with E-state index in [0.29, 0.717) is 19.4 Å². The minimum Gasteiger partial charge on any atom is -0.480 e. The third-order valence-corrected chi connectivity index (χ3v) is 3.62. The van der Waals surface area contributed by atoms with E-state index < -0.39 is 17.6 Å². The summed E-state index contributed by atoms with van der Waals surface area (Å²) in [7, 11) is 0. The first-order valence-electron chi connectivity index (χ1n) is 6.14. The Morgan fingerprint density at radius 1 is 1.41 bits per heavy atom. The van der Waals surface area contributed by atoms with Crippen LogP contribution in [0.25, 0.3) is 0 Å². The molecule has 1 aliphatic heterocycles. The molecule has 98 valence electrons. The van der Waals surface area contributed by atoms with Crippen LogP contribution in [-0.4, -0.2) is 35.2 Å². The molecular weight excluding hydrogens is 222 g/mol. The number of carbonyl (C=O) groups excluding carboxylic acids is 1. The van der Waals surface area contributed by atoms with E-state index in [1.807, 2.05) is 6.92 Å². The monoisotopic (exact) mass is 243 g/mol. The first-order valence-corrected chi connectivity index (χ1v) is 6.14.